The fourth-order valence-electron chi connectivity index (χ4n) is 4.36. The van der Waals surface area contributed by atoms with Crippen molar-refractivity contribution in [1.82, 2.24) is 9.88 Å². The molecule has 36 heavy (non-hydrogen) atoms. The molecule has 192 valence electrons. The average molecular weight is 505 g/mol. The van der Waals surface area contributed by atoms with Crippen molar-refractivity contribution >= 4 is 28.3 Å². The number of pyridine rings is 1. The van der Waals surface area contributed by atoms with Crippen molar-refractivity contribution in [1.29, 1.82) is 0 Å². The summed E-state index contributed by atoms with van der Waals surface area (Å²) >= 11 is 0. The number of nitrogens with zero attached hydrogens (tertiary/aromatic N) is 3. The van der Waals surface area contributed by atoms with Crippen LogP contribution in [-0.4, -0.2) is 55.6 Å². The topological polar surface area (TPSA) is 57.7 Å². The summed E-state index contributed by atoms with van der Waals surface area (Å²) in [7, 11) is 4.21. The van der Waals surface area contributed by atoms with Crippen LogP contribution < -0.4 is 15.0 Å². The van der Waals surface area contributed by atoms with E-state index in [0.717, 1.165) is 54.3 Å². The molecule has 1 aliphatic heterocycles. The number of anilines is 2. The Morgan fingerprint density at radius 2 is 1.86 bits per heavy atom. The molecule has 1 N–H and O–H groups in total. The summed E-state index contributed by atoms with van der Waals surface area (Å²) in [5.74, 6) is -1.26. The zero-order chi connectivity index (χ0) is 26.0. The first-order valence-electron chi connectivity index (χ1n) is 11.6. The summed E-state index contributed by atoms with van der Waals surface area (Å²) in [5.41, 5.74) is 1.20. The van der Waals surface area contributed by atoms with Crippen LogP contribution in [0.4, 0.5) is 29.1 Å². The number of hydrogen-bond donors (Lipinski definition) is 1. The van der Waals surface area contributed by atoms with Crippen molar-refractivity contribution in [3.05, 3.63) is 59.4 Å². The van der Waals surface area contributed by atoms with Crippen molar-refractivity contribution in [3.8, 4) is 5.75 Å². The second kappa shape index (κ2) is 10.3. The molecule has 0 radical (unpaired) electrons. The fourth-order valence-corrected chi connectivity index (χ4v) is 4.36. The van der Waals surface area contributed by atoms with E-state index in [-0.39, 0.29) is 0 Å². The van der Waals surface area contributed by atoms with Gasteiger partial charge in [-0.05, 0) is 81.9 Å². The first kappa shape index (κ1) is 25.7. The largest absolute Gasteiger partial charge is 0.481 e. The second-order valence-electron chi connectivity index (χ2n) is 9.19. The van der Waals surface area contributed by atoms with Crippen LogP contribution in [0.2, 0.25) is 0 Å². The van der Waals surface area contributed by atoms with E-state index in [2.05, 4.69) is 29.2 Å². The molecule has 6 nitrogen and oxygen atoms in total. The van der Waals surface area contributed by atoms with Crippen molar-refractivity contribution in [2.24, 2.45) is 0 Å². The second-order valence-corrected chi connectivity index (χ2v) is 9.19. The minimum atomic E-state index is -4.66. The molecule has 3 aromatic rings. The number of aromatic nitrogens is 1. The first-order valence-corrected chi connectivity index (χ1v) is 11.6. The molecule has 1 fully saturated rings. The number of aryl methyl sites for hydroxylation is 1. The van der Waals surface area contributed by atoms with Gasteiger partial charge in [-0.1, -0.05) is 0 Å². The maximum absolute atomic E-state index is 13.9. The number of amides is 1. The lowest BCUT2D eigenvalue weighted by atomic mass is 10.0. The van der Waals surface area contributed by atoms with Gasteiger partial charge in [-0.25, -0.2) is 9.37 Å². The Labute approximate surface area is 206 Å². The molecule has 0 bridgehead atoms. The number of nitrogens with one attached hydrogen (secondary N) is 1. The van der Waals surface area contributed by atoms with Crippen LogP contribution in [0.5, 0.6) is 5.75 Å². The summed E-state index contributed by atoms with van der Waals surface area (Å²) in [6, 6.07) is 9.86. The van der Waals surface area contributed by atoms with Gasteiger partial charge in [0.1, 0.15) is 5.82 Å². The van der Waals surface area contributed by atoms with E-state index in [0.29, 0.717) is 23.9 Å². The number of piperidine rings is 1. The van der Waals surface area contributed by atoms with Gasteiger partial charge in [-0.2, -0.15) is 13.2 Å². The molecule has 0 saturated carbocycles. The smallest absolute Gasteiger partial charge is 0.416 e. The van der Waals surface area contributed by atoms with Crippen molar-refractivity contribution in [3.63, 3.8) is 0 Å². The van der Waals surface area contributed by atoms with Gasteiger partial charge in [0.2, 0.25) is 0 Å². The molecule has 1 amide bonds. The number of ether oxygens (including phenoxy) is 1. The molecular weight excluding hydrogens is 476 g/mol. The number of hydrogen-bond acceptors (Lipinski definition) is 5. The molecule has 10 heteroatoms. The van der Waals surface area contributed by atoms with Crippen molar-refractivity contribution in [2.45, 2.75) is 32.0 Å². The molecule has 0 aliphatic carbocycles. The zero-order valence-electron chi connectivity index (χ0n) is 20.3. The molecule has 4 rings (SSSR count). The van der Waals surface area contributed by atoms with Crippen LogP contribution in [0.15, 0.2) is 42.5 Å². The summed E-state index contributed by atoms with van der Waals surface area (Å²) in [4.78, 5) is 21.7. The van der Waals surface area contributed by atoms with E-state index in [1.54, 1.807) is 12.1 Å². The molecule has 1 aromatic heterocycles. The maximum Gasteiger partial charge on any atom is 0.416 e. The quantitative estimate of drug-likeness (QED) is 0.465. The lowest BCUT2D eigenvalue weighted by Gasteiger charge is -2.36. The average Bonchev–Trinajstić information content (AvgIpc) is 2.83. The lowest BCUT2D eigenvalue weighted by molar-refractivity contribution is -0.137. The van der Waals surface area contributed by atoms with E-state index in [1.807, 2.05) is 19.1 Å². The molecule has 0 spiro atoms. The normalized spacial score (nSPS) is 14.9. The molecule has 1 aliphatic rings. The highest BCUT2D eigenvalue weighted by Crippen LogP contribution is 2.32. The van der Waals surface area contributed by atoms with Crippen LogP contribution in [0.3, 0.4) is 0 Å². The highest BCUT2D eigenvalue weighted by atomic mass is 19.4. The number of fused-ring (bicyclic) bond motifs is 1. The van der Waals surface area contributed by atoms with E-state index >= 15 is 0 Å². The SMILES string of the molecule is Cc1cc(N2CCC(N(C)C)CC2)nc2ccc(NC(=O)COc3ccc(C(F)(F)F)cc3F)cc12. The molecule has 0 atom stereocenters. The molecule has 2 heterocycles. The number of carbonyl (C=O) groups is 1. The summed E-state index contributed by atoms with van der Waals surface area (Å²) in [6.07, 6.45) is -2.51. The van der Waals surface area contributed by atoms with Crippen LogP contribution in [0.25, 0.3) is 10.9 Å². The third-order valence-electron chi connectivity index (χ3n) is 6.42. The number of benzene rings is 2. The van der Waals surface area contributed by atoms with Gasteiger partial charge >= 0.3 is 6.18 Å². The molecular formula is C26H28F4N4O2. The van der Waals surface area contributed by atoms with E-state index in [4.69, 9.17) is 9.72 Å². The predicted molar refractivity (Wildman–Crippen MR) is 131 cm³/mol. The third kappa shape index (κ3) is 5.87. The summed E-state index contributed by atoms with van der Waals surface area (Å²) < 4.78 is 57.0. The fraction of sp³-hybridized carbons (Fsp3) is 0.385. The highest BCUT2D eigenvalue weighted by Gasteiger charge is 2.31. The van der Waals surface area contributed by atoms with Crippen LogP contribution >= 0.6 is 0 Å². The van der Waals surface area contributed by atoms with Gasteiger partial charge in [0.05, 0.1) is 11.1 Å². The van der Waals surface area contributed by atoms with E-state index in [1.165, 1.54) is 0 Å². The van der Waals surface area contributed by atoms with Crippen LogP contribution in [-0.2, 0) is 11.0 Å². The summed E-state index contributed by atoms with van der Waals surface area (Å²) in [6.45, 7) is 3.31. The van der Waals surface area contributed by atoms with E-state index < -0.39 is 35.8 Å². The number of rotatable bonds is 6. The zero-order valence-corrected chi connectivity index (χ0v) is 20.3. The van der Waals surface area contributed by atoms with Crippen LogP contribution in [0.1, 0.15) is 24.0 Å². The van der Waals surface area contributed by atoms with Gasteiger partial charge in [-0.15, -0.1) is 0 Å². The van der Waals surface area contributed by atoms with Crippen molar-refractivity contribution < 1.29 is 27.1 Å². The number of alkyl halides is 3. The van der Waals surface area contributed by atoms with Gasteiger partial charge in [0, 0.05) is 30.2 Å². The highest BCUT2D eigenvalue weighted by molar-refractivity contribution is 5.95. The standard InChI is InChI=1S/C26H28F4N4O2/c1-16-12-24(34-10-8-19(9-11-34)33(2)3)32-22-6-5-18(14-20(16)22)31-25(35)15-36-23-7-4-17(13-21(23)27)26(28,29)30/h4-7,12-14,19H,8-11,15H2,1-3H3,(H,31,35). The van der Waals surface area contributed by atoms with E-state index in [9.17, 15) is 22.4 Å². The Bertz CT molecular complexity index is 1250. The molecule has 2 aromatic carbocycles. The van der Waals surface area contributed by atoms with Gasteiger partial charge in [-0.3, -0.25) is 4.79 Å². The van der Waals surface area contributed by atoms with Gasteiger partial charge in [0.25, 0.3) is 5.91 Å². The van der Waals surface area contributed by atoms with Gasteiger partial charge < -0.3 is 19.9 Å². The Morgan fingerprint density at radius 3 is 2.50 bits per heavy atom. The Morgan fingerprint density at radius 1 is 1.14 bits per heavy atom. The Hall–Kier alpha value is -3.40. The van der Waals surface area contributed by atoms with Gasteiger partial charge in [0.15, 0.2) is 18.2 Å². The lowest BCUT2D eigenvalue weighted by Crippen LogP contribution is -2.42. The molecule has 0 unspecified atom stereocenters. The molecule has 1 saturated heterocycles. The summed E-state index contributed by atoms with van der Waals surface area (Å²) in [5, 5.41) is 3.55. The predicted octanol–water partition coefficient (Wildman–Crippen LogP) is 5.25. The Kier molecular flexibility index (Phi) is 7.35. The Balaban J connectivity index is 1.40. The van der Waals surface area contributed by atoms with Crippen molar-refractivity contribution in [2.75, 3.05) is 44.0 Å². The van der Waals surface area contributed by atoms with Crippen LogP contribution in [0, 0.1) is 12.7 Å². The maximum atomic E-state index is 13.9. The minimum absolute atomic E-state index is 0.338. The third-order valence-corrected chi connectivity index (χ3v) is 6.42. The minimum Gasteiger partial charge on any atom is -0.481 e. The first-order chi connectivity index (χ1) is 17.0. The number of carbonyl (C=O) groups excluding carboxylic acids is 1. The monoisotopic (exact) mass is 504 g/mol. The number of halogens is 4.